The minimum atomic E-state index is -0.673. The van der Waals surface area contributed by atoms with Gasteiger partial charge in [-0.05, 0) is 43.7 Å². The molecular formula is C17H24O3. The molecule has 0 saturated heterocycles. The average molecular weight is 276 g/mol. The standard InChI is InChI=1S/C17H24O3/c1-4-12-6-7-13(17(18)19)14(10-12)15-9-11(2)5-8-16(15)20-3/h5,8-9,12-14H,4,6-7,10H2,1-3H3,(H,18,19). The molecule has 3 heteroatoms. The van der Waals surface area contributed by atoms with Gasteiger partial charge in [0.15, 0.2) is 0 Å². The Bertz CT molecular complexity index is 481. The molecule has 110 valence electrons. The van der Waals surface area contributed by atoms with Crippen molar-refractivity contribution in [3.8, 4) is 5.75 Å². The largest absolute Gasteiger partial charge is 0.496 e. The monoisotopic (exact) mass is 276 g/mol. The van der Waals surface area contributed by atoms with Crippen molar-refractivity contribution in [1.29, 1.82) is 0 Å². The van der Waals surface area contributed by atoms with Crippen LogP contribution in [-0.4, -0.2) is 18.2 Å². The Labute approximate surface area is 121 Å². The van der Waals surface area contributed by atoms with Crippen LogP contribution in [0.1, 0.15) is 49.7 Å². The predicted octanol–water partition coefficient (Wildman–Crippen LogP) is 4.00. The van der Waals surface area contributed by atoms with E-state index in [1.807, 2.05) is 19.1 Å². The topological polar surface area (TPSA) is 46.5 Å². The van der Waals surface area contributed by atoms with E-state index in [1.54, 1.807) is 7.11 Å². The predicted molar refractivity (Wildman–Crippen MR) is 79.2 cm³/mol. The van der Waals surface area contributed by atoms with E-state index >= 15 is 0 Å². The van der Waals surface area contributed by atoms with Crippen LogP contribution in [0.5, 0.6) is 5.75 Å². The van der Waals surface area contributed by atoms with Crippen molar-refractivity contribution in [2.24, 2.45) is 11.8 Å². The zero-order valence-corrected chi connectivity index (χ0v) is 12.6. The van der Waals surface area contributed by atoms with E-state index in [9.17, 15) is 9.90 Å². The first kappa shape index (κ1) is 14.9. The molecule has 1 aliphatic rings. The fraction of sp³-hybridized carbons (Fsp3) is 0.588. The molecule has 3 nitrogen and oxygen atoms in total. The first-order valence-electron chi connectivity index (χ1n) is 7.44. The summed E-state index contributed by atoms with van der Waals surface area (Å²) in [6.45, 7) is 4.23. The van der Waals surface area contributed by atoms with Crippen molar-refractivity contribution < 1.29 is 14.6 Å². The quantitative estimate of drug-likeness (QED) is 0.904. The molecule has 0 aromatic heterocycles. The van der Waals surface area contributed by atoms with E-state index in [4.69, 9.17) is 4.74 Å². The molecule has 0 spiro atoms. The number of benzene rings is 1. The van der Waals surface area contributed by atoms with Crippen LogP contribution in [0, 0.1) is 18.8 Å². The zero-order chi connectivity index (χ0) is 14.7. The molecule has 0 amide bonds. The average Bonchev–Trinajstić information content (AvgIpc) is 2.46. The summed E-state index contributed by atoms with van der Waals surface area (Å²) in [5.74, 6) is 0.562. The number of aryl methyl sites for hydroxylation is 1. The lowest BCUT2D eigenvalue weighted by Gasteiger charge is -2.34. The number of carbonyl (C=O) groups is 1. The van der Waals surface area contributed by atoms with Gasteiger partial charge in [0.25, 0.3) is 0 Å². The van der Waals surface area contributed by atoms with E-state index < -0.39 is 5.97 Å². The van der Waals surface area contributed by atoms with E-state index in [0.29, 0.717) is 5.92 Å². The molecular weight excluding hydrogens is 252 g/mol. The van der Waals surface area contributed by atoms with Crippen LogP contribution in [0.3, 0.4) is 0 Å². The molecule has 3 atom stereocenters. The molecule has 1 aliphatic carbocycles. The molecule has 1 aromatic carbocycles. The summed E-state index contributed by atoms with van der Waals surface area (Å²) in [5, 5.41) is 9.52. The third-order valence-electron chi connectivity index (χ3n) is 4.64. The summed E-state index contributed by atoms with van der Waals surface area (Å²) in [4.78, 5) is 11.6. The highest BCUT2D eigenvalue weighted by Crippen LogP contribution is 2.44. The summed E-state index contributed by atoms with van der Waals surface area (Å²) >= 11 is 0. The van der Waals surface area contributed by atoms with E-state index in [0.717, 1.165) is 42.6 Å². The highest BCUT2D eigenvalue weighted by atomic mass is 16.5. The smallest absolute Gasteiger partial charge is 0.307 e. The normalized spacial score (nSPS) is 26.2. The molecule has 1 N–H and O–H groups in total. The summed E-state index contributed by atoms with van der Waals surface area (Å²) < 4.78 is 5.46. The first-order valence-corrected chi connectivity index (χ1v) is 7.44. The number of hydrogen-bond acceptors (Lipinski definition) is 2. The van der Waals surface area contributed by atoms with Crippen molar-refractivity contribution in [2.45, 2.75) is 45.4 Å². The van der Waals surface area contributed by atoms with Gasteiger partial charge in [-0.3, -0.25) is 4.79 Å². The number of aliphatic carboxylic acids is 1. The van der Waals surface area contributed by atoms with Gasteiger partial charge in [-0.1, -0.05) is 31.0 Å². The van der Waals surface area contributed by atoms with Crippen molar-refractivity contribution >= 4 is 5.97 Å². The van der Waals surface area contributed by atoms with Crippen LogP contribution in [0.4, 0.5) is 0 Å². The second kappa shape index (κ2) is 6.29. The van der Waals surface area contributed by atoms with E-state index in [-0.39, 0.29) is 11.8 Å². The Morgan fingerprint density at radius 2 is 2.15 bits per heavy atom. The zero-order valence-electron chi connectivity index (χ0n) is 12.6. The first-order chi connectivity index (χ1) is 9.56. The SMILES string of the molecule is CCC1CCC(C(=O)O)C(c2cc(C)ccc2OC)C1. The molecule has 1 fully saturated rings. The van der Waals surface area contributed by atoms with E-state index in [2.05, 4.69) is 13.0 Å². The van der Waals surface area contributed by atoms with Crippen LogP contribution < -0.4 is 4.74 Å². The van der Waals surface area contributed by atoms with Crippen molar-refractivity contribution in [2.75, 3.05) is 7.11 Å². The minimum Gasteiger partial charge on any atom is -0.496 e. The molecule has 0 aliphatic heterocycles. The minimum absolute atomic E-state index is 0.0704. The lowest BCUT2D eigenvalue weighted by Crippen LogP contribution is -2.29. The van der Waals surface area contributed by atoms with Gasteiger partial charge in [-0.25, -0.2) is 0 Å². The fourth-order valence-corrected chi connectivity index (χ4v) is 3.41. The Hall–Kier alpha value is -1.51. The molecule has 0 heterocycles. The number of carboxylic acids is 1. The van der Waals surface area contributed by atoms with Crippen molar-refractivity contribution in [3.05, 3.63) is 29.3 Å². The summed E-state index contributed by atoms with van der Waals surface area (Å²) in [6.07, 6.45) is 3.87. The van der Waals surface area contributed by atoms with E-state index in [1.165, 1.54) is 0 Å². The number of ether oxygens (including phenoxy) is 1. The van der Waals surface area contributed by atoms with Gasteiger partial charge in [0.2, 0.25) is 0 Å². The second-order valence-corrected chi connectivity index (χ2v) is 5.88. The number of methoxy groups -OCH3 is 1. The molecule has 20 heavy (non-hydrogen) atoms. The van der Waals surface area contributed by atoms with Crippen LogP contribution >= 0.6 is 0 Å². The summed E-state index contributed by atoms with van der Waals surface area (Å²) in [5.41, 5.74) is 2.22. The highest BCUT2D eigenvalue weighted by Gasteiger charge is 2.36. The van der Waals surface area contributed by atoms with Gasteiger partial charge < -0.3 is 9.84 Å². The van der Waals surface area contributed by atoms with Gasteiger partial charge in [0.05, 0.1) is 13.0 Å². The molecule has 0 radical (unpaired) electrons. The lowest BCUT2D eigenvalue weighted by atomic mass is 9.70. The van der Waals surface area contributed by atoms with Crippen molar-refractivity contribution in [1.82, 2.24) is 0 Å². The fourth-order valence-electron chi connectivity index (χ4n) is 3.41. The molecule has 2 rings (SSSR count). The highest BCUT2D eigenvalue weighted by molar-refractivity contribution is 5.72. The maximum atomic E-state index is 11.6. The van der Waals surface area contributed by atoms with Crippen LogP contribution in [0.15, 0.2) is 18.2 Å². The lowest BCUT2D eigenvalue weighted by molar-refractivity contribution is -0.143. The van der Waals surface area contributed by atoms with Crippen molar-refractivity contribution in [3.63, 3.8) is 0 Å². The van der Waals surface area contributed by atoms with Crippen LogP contribution in [0.2, 0.25) is 0 Å². The third kappa shape index (κ3) is 2.97. The summed E-state index contributed by atoms with van der Waals surface area (Å²) in [6, 6.07) is 6.06. The number of carboxylic acid groups (broad SMARTS) is 1. The van der Waals surface area contributed by atoms with Crippen LogP contribution in [-0.2, 0) is 4.79 Å². The Balaban J connectivity index is 2.39. The third-order valence-corrected chi connectivity index (χ3v) is 4.64. The molecule has 0 bridgehead atoms. The molecule has 1 aromatic rings. The maximum Gasteiger partial charge on any atom is 0.307 e. The Kier molecular flexibility index (Phi) is 4.69. The second-order valence-electron chi connectivity index (χ2n) is 5.88. The number of hydrogen-bond donors (Lipinski definition) is 1. The number of rotatable bonds is 4. The molecule has 3 unspecified atom stereocenters. The van der Waals surface area contributed by atoms with Crippen LogP contribution in [0.25, 0.3) is 0 Å². The Morgan fingerprint density at radius 3 is 2.75 bits per heavy atom. The maximum absolute atomic E-state index is 11.6. The Morgan fingerprint density at radius 1 is 1.40 bits per heavy atom. The van der Waals surface area contributed by atoms with Gasteiger partial charge >= 0.3 is 5.97 Å². The van der Waals surface area contributed by atoms with Gasteiger partial charge in [0.1, 0.15) is 5.75 Å². The van der Waals surface area contributed by atoms with Gasteiger partial charge in [-0.2, -0.15) is 0 Å². The molecule has 1 saturated carbocycles. The van der Waals surface area contributed by atoms with Gasteiger partial charge in [0, 0.05) is 5.92 Å². The van der Waals surface area contributed by atoms with Gasteiger partial charge in [-0.15, -0.1) is 0 Å². The summed E-state index contributed by atoms with van der Waals surface area (Å²) in [7, 11) is 1.66.